The molecule has 0 saturated carbocycles. The summed E-state index contributed by atoms with van der Waals surface area (Å²) in [4.78, 5) is 32.0. The number of hydrogen-bond acceptors (Lipinski definition) is 4. The summed E-state index contributed by atoms with van der Waals surface area (Å²) in [7, 11) is 0. The minimum absolute atomic E-state index is 0.0902. The largest absolute Gasteiger partial charge is 0.367 e. The van der Waals surface area contributed by atoms with E-state index in [9.17, 15) is 9.59 Å². The maximum Gasteiger partial charge on any atom is 0.257 e. The fourth-order valence-corrected chi connectivity index (χ4v) is 2.96. The van der Waals surface area contributed by atoms with Gasteiger partial charge in [-0.3, -0.25) is 14.6 Å². The van der Waals surface area contributed by atoms with Gasteiger partial charge in [0.2, 0.25) is 5.91 Å². The van der Waals surface area contributed by atoms with Crippen molar-refractivity contribution in [3.63, 3.8) is 0 Å². The van der Waals surface area contributed by atoms with Crippen molar-refractivity contribution in [2.75, 3.05) is 36.4 Å². The molecule has 2 amide bonds. The Hall–Kier alpha value is -2.60. The van der Waals surface area contributed by atoms with Gasteiger partial charge in [-0.2, -0.15) is 0 Å². The number of rotatable bonds is 3. The zero-order chi connectivity index (χ0) is 17.8. The Balaban J connectivity index is 1.69. The first-order valence-corrected chi connectivity index (χ1v) is 8.43. The van der Waals surface area contributed by atoms with Crippen molar-refractivity contribution < 1.29 is 9.59 Å². The molecule has 1 aromatic heterocycles. The van der Waals surface area contributed by atoms with Crippen molar-refractivity contribution >= 4 is 34.8 Å². The monoisotopic (exact) mass is 358 g/mol. The van der Waals surface area contributed by atoms with Gasteiger partial charge >= 0.3 is 0 Å². The number of benzene rings is 1. The minimum atomic E-state index is -0.237. The van der Waals surface area contributed by atoms with E-state index in [1.807, 2.05) is 11.0 Å². The zero-order valence-corrected chi connectivity index (χ0v) is 14.7. The van der Waals surface area contributed by atoms with Crippen LogP contribution in [-0.2, 0) is 4.79 Å². The third-order valence-electron chi connectivity index (χ3n) is 4.16. The van der Waals surface area contributed by atoms with Crippen LogP contribution < -0.4 is 10.2 Å². The number of nitrogens with zero attached hydrogens (tertiary/aromatic N) is 3. The Kier molecular flexibility index (Phi) is 5.19. The second-order valence-electron chi connectivity index (χ2n) is 5.89. The van der Waals surface area contributed by atoms with E-state index in [0.29, 0.717) is 29.4 Å². The third-order valence-corrected chi connectivity index (χ3v) is 4.39. The molecule has 1 fully saturated rings. The highest BCUT2D eigenvalue weighted by Gasteiger charge is 2.19. The van der Waals surface area contributed by atoms with Crippen LogP contribution in [0.25, 0.3) is 0 Å². The summed E-state index contributed by atoms with van der Waals surface area (Å²) in [5.41, 5.74) is 1.99. The van der Waals surface area contributed by atoms with Crippen LogP contribution in [0, 0.1) is 0 Å². The van der Waals surface area contributed by atoms with Crippen molar-refractivity contribution in [2.45, 2.75) is 6.92 Å². The van der Waals surface area contributed by atoms with Crippen LogP contribution in [0.5, 0.6) is 0 Å². The lowest BCUT2D eigenvalue weighted by Crippen LogP contribution is -2.48. The number of piperazine rings is 1. The molecular formula is C18H19ClN4O2. The Bertz CT molecular complexity index is 788. The molecule has 130 valence electrons. The van der Waals surface area contributed by atoms with Crippen LogP contribution in [0.15, 0.2) is 42.7 Å². The molecule has 0 aliphatic carbocycles. The fourth-order valence-electron chi connectivity index (χ4n) is 2.77. The SMILES string of the molecule is CC(=O)N1CCN(c2cncc(C(=O)Nc3cccc(Cl)c3)c2)CC1. The molecule has 1 aromatic carbocycles. The maximum atomic E-state index is 12.4. The quantitative estimate of drug-likeness (QED) is 0.916. The number of nitrogens with one attached hydrogen (secondary N) is 1. The molecule has 0 atom stereocenters. The highest BCUT2D eigenvalue weighted by Crippen LogP contribution is 2.19. The number of halogens is 1. The normalized spacial score (nSPS) is 14.3. The van der Waals surface area contributed by atoms with Crippen molar-refractivity contribution in [3.8, 4) is 0 Å². The number of pyridine rings is 1. The predicted molar refractivity (Wildman–Crippen MR) is 98.1 cm³/mol. The van der Waals surface area contributed by atoms with Crippen LogP contribution in [-0.4, -0.2) is 47.9 Å². The van der Waals surface area contributed by atoms with Crippen LogP contribution in [0.4, 0.5) is 11.4 Å². The topological polar surface area (TPSA) is 65.5 Å². The summed E-state index contributed by atoms with van der Waals surface area (Å²) in [6.45, 7) is 4.38. The molecule has 0 bridgehead atoms. The number of aromatic nitrogens is 1. The molecule has 1 N–H and O–H groups in total. The first-order chi connectivity index (χ1) is 12.0. The van der Waals surface area contributed by atoms with Gasteiger partial charge in [-0.1, -0.05) is 17.7 Å². The lowest BCUT2D eigenvalue weighted by molar-refractivity contribution is -0.129. The maximum absolute atomic E-state index is 12.4. The predicted octanol–water partition coefficient (Wildman–Crippen LogP) is 2.66. The van der Waals surface area contributed by atoms with Gasteiger partial charge in [-0.15, -0.1) is 0 Å². The highest BCUT2D eigenvalue weighted by molar-refractivity contribution is 6.30. The number of anilines is 2. The molecular weight excluding hydrogens is 340 g/mol. The van der Waals surface area contributed by atoms with Crippen molar-refractivity contribution in [3.05, 3.63) is 53.3 Å². The molecule has 25 heavy (non-hydrogen) atoms. The van der Waals surface area contributed by atoms with E-state index in [-0.39, 0.29) is 11.8 Å². The Morgan fingerprint density at radius 1 is 1.12 bits per heavy atom. The van der Waals surface area contributed by atoms with Gasteiger partial charge in [0.15, 0.2) is 0 Å². The molecule has 0 spiro atoms. The van der Waals surface area contributed by atoms with Crippen molar-refractivity contribution in [1.29, 1.82) is 0 Å². The number of carbonyl (C=O) groups excluding carboxylic acids is 2. The molecule has 0 radical (unpaired) electrons. The second kappa shape index (κ2) is 7.53. The summed E-state index contributed by atoms with van der Waals surface area (Å²) < 4.78 is 0. The molecule has 6 nitrogen and oxygen atoms in total. The van der Waals surface area contributed by atoms with Gasteiger partial charge < -0.3 is 15.1 Å². The van der Waals surface area contributed by atoms with E-state index in [1.54, 1.807) is 37.4 Å². The summed E-state index contributed by atoms with van der Waals surface area (Å²) >= 11 is 5.94. The molecule has 3 rings (SSSR count). The fraction of sp³-hybridized carbons (Fsp3) is 0.278. The zero-order valence-electron chi connectivity index (χ0n) is 13.9. The van der Waals surface area contributed by atoms with Gasteiger partial charge in [0.25, 0.3) is 5.91 Å². The average Bonchev–Trinajstić information content (AvgIpc) is 2.62. The van der Waals surface area contributed by atoms with E-state index in [0.717, 1.165) is 18.8 Å². The molecule has 1 aliphatic rings. The minimum Gasteiger partial charge on any atom is -0.367 e. The van der Waals surface area contributed by atoms with Crippen LogP contribution in [0.2, 0.25) is 5.02 Å². The number of hydrogen-bond donors (Lipinski definition) is 1. The van der Waals surface area contributed by atoms with E-state index in [1.165, 1.54) is 6.20 Å². The Morgan fingerprint density at radius 3 is 2.56 bits per heavy atom. The summed E-state index contributed by atoms with van der Waals surface area (Å²) in [5.74, 6) is -0.147. The lowest BCUT2D eigenvalue weighted by atomic mass is 10.2. The molecule has 0 unspecified atom stereocenters. The molecule has 1 saturated heterocycles. The van der Waals surface area contributed by atoms with E-state index in [2.05, 4.69) is 15.2 Å². The number of amides is 2. The van der Waals surface area contributed by atoms with Crippen LogP contribution >= 0.6 is 11.6 Å². The number of carbonyl (C=O) groups is 2. The van der Waals surface area contributed by atoms with Crippen molar-refractivity contribution in [1.82, 2.24) is 9.88 Å². The molecule has 2 heterocycles. The molecule has 7 heteroatoms. The first-order valence-electron chi connectivity index (χ1n) is 8.05. The van der Waals surface area contributed by atoms with Gasteiger partial charge in [0.1, 0.15) is 0 Å². The molecule has 2 aromatic rings. The van der Waals surface area contributed by atoms with Gasteiger partial charge in [-0.05, 0) is 24.3 Å². The van der Waals surface area contributed by atoms with Crippen molar-refractivity contribution in [2.24, 2.45) is 0 Å². The average molecular weight is 359 g/mol. The van der Waals surface area contributed by atoms with E-state index >= 15 is 0 Å². The second-order valence-corrected chi connectivity index (χ2v) is 6.33. The lowest BCUT2D eigenvalue weighted by Gasteiger charge is -2.35. The van der Waals surface area contributed by atoms with Gasteiger partial charge in [0.05, 0.1) is 17.4 Å². The standard InChI is InChI=1S/C18H19ClN4O2/c1-13(24)22-5-7-23(8-6-22)17-9-14(11-20-12-17)18(25)21-16-4-2-3-15(19)10-16/h2-4,9-12H,5-8H2,1H3,(H,21,25). The Morgan fingerprint density at radius 2 is 1.88 bits per heavy atom. The first kappa shape index (κ1) is 17.2. The van der Waals surface area contributed by atoms with Gasteiger partial charge in [-0.25, -0.2) is 0 Å². The van der Waals surface area contributed by atoms with E-state index in [4.69, 9.17) is 11.6 Å². The summed E-state index contributed by atoms with van der Waals surface area (Å²) in [5, 5.41) is 3.38. The van der Waals surface area contributed by atoms with E-state index < -0.39 is 0 Å². The van der Waals surface area contributed by atoms with Gasteiger partial charge in [0, 0.05) is 50.0 Å². The Labute approximate surface area is 151 Å². The summed E-state index contributed by atoms with van der Waals surface area (Å²) in [6.07, 6.45) is 3.27. The highest BCUT2D eigenvalue weighted by atomic mass is 35.5. The summed E-state index contributed by atoms with van der Waals surface area (Å²) in [6, 6.07) is 8.82. The molecule has 1 aliphatic heterocycles. The van der Waals surface area contributed by atoms with Crippen LogP contribution in [0.1, 0.15) is 17.3 Å². The third kappa shape index (κ3) is 4.28. The van der Waals surface area contributed by atoms with Crippen LogP contribution in [0.3, 0.4) is 0 Å². The smallest absolute Gasteiger partial charge is 0.257 e.